The molecule has 1 aliphatic heterocycles. The molecule has 0 radical (unpaired) electrons. The summed E-state index contributed by atoms with van der Waals surface area (Å²) in [6.07, 6.45) is 1.60. The molecule has 3 rings (SSSR count). The second-order valence-corrected chi connectivity index (χ2v) is 6.41. The van der Waals surface area contributed by atoms with Crippen molar-refractivity contribution in [2.24, 2.45) is 11.7 Å². The number of carbonyl (C=O) groups excluding carboxylic acids is 2. The van der Waals surface area contributed by atoms with E-state index in [0.717, 1.165) is 29.5 Å². The molecule has 0 aliphatic carbocycles. The molecule has 3 amide bonds. The molecule has 5 nitrogen and oxygen atoms in total. The zero-order chi connectivity index (χ0) is 17.6. The average Bonchev–Trinajstić information content (AvgIpc) is 2.67. The van der Waals surface area contributed by atoms with Gasteiger partial charge in [-0.05, 0) is 35.6 Å². The molecule has 2 aromatic carbocycles. The van der Waals surface area contributed by atoms with E-state index in [1.165, 1.54) is 0 Å². The zero-order valence-electron chi connectivity index (χ0n) is 14.2. The summed E-state index contributed by atoms with van der Waals surface area (Å²) in [5.41, 5.74) is 8.66. The van der Waals surface area contributed by atoms with E-state index in [1.54, 1.807) is 4.90 Å². The van der Waals surface area contributed by atoms with Gasteiger partial charge in [-0.2, -0.15) is 0 Å². The Labute approximate surface area is 147 Å². The molecule has 3 N–H and O–H groups in total. The maximum absolute atomic E-state index is 12.4. The normalized spacial score (nSPS) is 17.1. The molecule has 1 heterocycles. The van der Waals surface area contributed by atoms with Gasteiger partial charge in [0, 0.05) is 19.6 Å². The van der Waals surface area contributed by atoms with E-state index in [2.05, 4.69) is 29.6 Å². The Morgan fingerprint density at radius 3 is 2.60 bits per heavy atom. The van der Waals surface area contributed by atoms with Crippen LogP contribution in [0, 0.1) is 5.92 Å². The van der Waals surface area contributed by atoms with E-state index in [-0.39, 0.29) is 11.8 Å². The van der Waals surface area contributed by atoms with Gasteiger partial charge in [0.05, 0.1) is 5.92 Å². The van der Waals surface area contributed by atoms with Crippen molar-refractivity contribution in [3.63, 3.8) is 0 Å². The van der Waals surface area contributed by atoms with Crippen LogP contribution < -0.4 is 11.1 Å². The third-order valence-electron chi connectivity index (χ3n) is 4.60. The number of nitrogens with two attached hydrogens (primary N) is 1. The minimum absolute atomic E-state index is 0.0175. The van der Waals surface area contributed by atoms with E-state index in [4.69, 9.17) is 5.73 Å². The fourth-order valence-corrected chi connectivity index (χ4v) is 3.22. The van der Waals surface area contributed by atoms with Gasteiger partial charge >= 0.3 is 6.03 Å². The molecule has 1 fully saturated rings. The average molecular weight is 337 g/mol. The monoisotopic (exact) mass is 337 g/mol. The minimum atomic E-state index is -0.451. The second kappa shape index (κ2) is 7.83. The molecule has 2 aromatic rings. The molecule has 5 heteroatoms. The minimum Gasteiger partial charge on any atom is -0.352 e. The molecule has 0 aromatic heterocycles. The van der Waals surface area contributed by atoms with Crippen molar-refractivity contribution in [1.29, 1.82) is 0 Å². The standard InChI is InChI=1S/C20H23N3O2/c21-20(25)23-11-5-10-18(14-23)19(24)22-13-15-6-4-9-17(12-15)16-7-2-1-3-8-16/h1-4,6-9,12,18H,5,10-11,13-14H2,(H2,21,25)(H,22,24)/t18-/m1/s1. The van der Waals surface area contributed by atoms with Crippen molar-refractivity contribution >= 4 is 11.9 Å². The third kappa shape index (κ3) is 4.38. The summed E-state index contributed by atoms with van der Waals surface area (Å²) in [6.45, 7) is 1.52. The molecule has 0 unspecified atom stereocenters. The maximum atomic E-state index is 12.4. The number of nitrogens with one attached hydrogen (secondary N) is 1. The van der Waals surface area contributed by atoms with Crippen molar-refractivity contribution < 1.29 is 9.59 Å². The van der Waals surface area contributed by atoms with E-state index >= 15 is 0 Å². The first-order chi connectivity index (χ1) is 12.1. The fraction of sp³-hybridized carbons (Fsp3) is 0.300. The van der Waals surface area contributed by atoms with E-state index < -0.39 is 6.03 Å². The van der Waals surface area contributed by atoms with Crippen LogP contribution in [0.4, 0.5) is 4.79 Å². The number of nitrogens with zero attached hydrogens (tertiary/aromatic N) is 1. The molecule has 1 atom stereocenters. The molecule has 0 spiro atoms. The fourth-order valence-electron chi connectivity index (χ4n) is 3.22. The predicted octanol–water partition coefficient (Wildman–Crippen LogP) is 2.76. The number of rotatable bonds is 4. The Hall–Kier alpha value is -2.82. The number of hydrogen-bond acceptors (Lipinski definition) is 2. The summed E-state index contributed by atoms with van der Waals surface area (Å²) in [5.74, 6) is -0.199. The quantitative estimate of drug-likeness (QED) is 0.900. The van der Waals surface area contributed by atoms with Crippen molar-refractivity contribution in [3.05, 3.63) is 60.2 Å². The van der Waals surface area contributed by atoms with Crippen LogP contribution in [0.2, 0.25) is 0 Å². The largest absolute Gasteiger partial charge is 0.352 e. The zero-order valence-corrected chi connectivity index (χ0v) is 14.2. The third-order valence-corrected chi connectivity index (χ3v) is 4.60. The molecular weight excluding hydrogens is 314 g/mol. The number of primary amides is 1. The molecule has 25 heavy (non-hydrogen) atoms. The highest BCUT2D eigenvalue weighted by molar-refractivity contribution is 5.80. The number of carbonyl (C=O) groups is 2. The summed E-state index contributed by atoms with van der Waals surface area (Å²) in [7, 11) is 0. The smallest absolute Gasteiger partial charge is 0.314 e. The van der Waals surface area contributed by atoms with E-state index in [0.29, 0.717) is 19.6 Å². The van der Waals surface area contributed by atoms with Crippen LogP contribution in [0.5, 0.6) is 0 Å². The highest BCUT2D eigenvalue weighted by Gasteiger charge is 2.27. The lowest BCUT2D eigenvalue weighted by Crippen LogP contribution is -2.47. The van der Waals surface area contributed by atoms with E-state index in [1.807, 2.05) is 30.3 Å². The Kier molecular flexibility index (Phi) is 5.33. The van der Waals surface area contributed by atoms with Crippen molar-refractivity contribution in [3.8, 4) is 11.1 Å². The van der Waals surface area contributed by atoms with Gasteiger partial charge in [-0.15, -0.1) is 0 Å². The van der Waals surface area contributed by atoms with Crippen molar-refractivity contribution in [2.75, 3.05) is 13.1 Å². The maximum Gasteiger partial charge on any atom is 0.314 e. The van der Waals surface area contributed by atoms with Crippen LogP contribution >= 0.6 is 0 Å². The first-order valence-electron chi connectivity index (χ1n) is 8.60. The molecule has 1 saturated heterocycles. The summed E-state index contributed by atoms with van der Waals surface area (Å²) in [5, 5.41) is 2.99. The number of hydrogen-bond donors (Lipinski definition) is 2. The van der Waals surface area contributed by atoms with Gasteiger partial charge in [0.1, 0.15) is 0 Å². The van der Waals surface area contributed by atoms with Crippen molar-refractivity contribution in [1.82, 2.24) is 10.2 Å². The molecule has 130 valence electrons. The van der Waals surface area contributed by atoms with Crippen LogP contribution in [0.25, 0.3) is 11.1 Å². The highest BCUT2D eigenvalue weighted by Crippen LogP contribution is 2.20. The number of piperidine rings is 1. The lowest BCUT2D eigenvalue weighted by Gasteiger charge is -2.30. The topological polar surface area (TPSA) is 75.4 Å². The van der Waals surface area contributed by atoms with Gasteiger partial charge in [-0.25, -0.2) is 4.79 Å². The Morgan fingerprint density at radius 2 is 1.84 bits per heavy atom. The second-order valence-electron chi connectivity index (χ2n) is 6.41. The number of urea groups is 1. The summed E-state index contributed by atoms with van der Waals surface area (Å²) in [6, 6.07) is 17.9. The van der Waals surface area contributed by atoms with Crippen LogP contribution in [0.15, 0.2) is 54.6 Å². The van der Waals surface area contributed by atoms with Gasteiger partial charge in [0.2, 0.25) is 5.91 Å². The van der Waals surface area contributed by atoms with Gasteiger partial charge in [-0.1, -0.05) is 48.5 Å². The van der Waals surface area contributed by atoms with Gasteiger partial charge in [-0.3, -0.25) is 4.79 Å². The Morgan fingerprint density at radius 1 is 1.08 bits per heavy atom. The molecule has 1 aliphatic rings. The Bertz CT molecular complexity index is 746. The number of benzene rings is 2. The molecule has 0 bridgehead atoms. The predicted molar refractivity (Wildman–Crippen MR) is 97.6 cm³/mol. The lowest BCUT2D eigenvalue weighted by molar-refractivity contribution is -0.126. The van der Waals surface area contributed by atoms with Crippen molar-refractivity contribution in [2.45, 2.75) is 19.4 Å². The summed E-state index contributed by atoms with van der Waals surface area (Å²) in [4.78, 5) is 25.2. The summed E-state index contributed by atoms with van der Waals surface area (Å²) < 4.78 is 0. The van der Waals surface area contributed by atoms with Crippen LogP contribution in [0.1, 0.15) is 18.4 Å². The van der Waals surface area contributed by atoms with Crippen LogP contribution in [0.3, 0.4) is 0 Å². The number of amides is 3. The molecular formula is C20H23N3O2. The van der Waals surface area contributed by atoms with Gasteiger partial charge < -0.3 is 16.0 Å². The number of likely N-dealkylation sites (tertiary alicyclic amines) is 1. The van der Waals surface area contributed by atoms with Gasteiger partial charge in [0.25, 0.3) is 0 Å². The first kappa shape index (κ1) is 17.0. The van der Waals surface area contributed by atoms with Crippen LogP contribution in [-0.4, -0.2) is 29.9 Å². The lowest BCUT2D eigenvalue weighted by atomic mass is 9.97. The summed E-state index contributed by atoms with van der Waals surface area (Å²) >= 11 is 0. The Balaban J connectivity index is 1.60. The highest BCUT2D eigenvalue weighted by atomic mass is 16.2. The van der Waals surface area contributed by atoms with E-state index in [9.17, 15) is 9.59 Å². The molecule has 0 saturated carbocycles. The van der Waals surface area contributed by atoms with Crippen LogP contribution in [-0.2, 0) is 11.3 Å². The first-order valence-corrected chi connectivity index (χ1v) is 8.60. The SMILES string of the molecule is NC(=O)N1CCC[C@@H](C(=O)NCc2cccc(-c3ccccc3)c2)C1. The van der Waals surface area contributed by atoms with Gasteiger partial charge in [0.15, 0.2) is 0 Å².